The van der Waals surface area contributed by atoms with E-state index >= 15 is 0 Å². The molecule has 2 heteroatoms. The fourth-order valence-corrected chi connectivity index (χ4v) is 2.28. The molecule has 2 nitrogen and oxygen atoms in total. The number of nitrogens with zero attached hydrogens (tertiary/aromatic N) is 1. The van der Waals surface area contributed by atoms with Gasteiger partial charge in [-0.2, -0.15) is 0 Å². The van der Waals surface area contributed by atoms with E-state index in [0.29, 0.717) is 6.04 Å². The molecule has 1 aliphatic rings. The molecule has 1 atom stereocenters. The smallest absolute Gasteiger partial charge is 0.0598 e. The summed E-state index contributed by atoms with van der Waals surface area (Å²) in [7, 11) is 0. The van der Waals surface area contributed by atoms with Gasteiger partial charge in [0.1, 0.15) is 0 Å². The number of rotatable bonds is 5. The van der Waals surface area contributed by atoms with Gasteiger partial charge in [-0.05, 0) is 51.7 Å². The van der Waals surface area contributed by atoms with Crippen molar-refractivity contribution < 1.29 is 0 Å². The Kier molecular flexibility index (Phi) is 5.75. The van der Waals surface area contributed by atoms with Gasteiger partial charge in [0.2, 0.25) is 0 Å². The molecule has 1 aliphatic heterocycles. The van der Waals surface area contributed by atoms with E-state index in [-0.39, 0.29) is 0 Å². The van der Waals surface area contributed by atoms with Gasteiger partial charge in [-0.25, -0.2) is 0 Å². The average molecular weight is 208 g/mol. The Balaban J connectivity index is 2.21. The second-order valence-electron chi connectivity index (χ2n) is 4.56. The lowest BCUT2D eigenvalue weighted by Gasteiger charge is -2.34. The number of terminal acetylenes is 1. The van der Waals surface area contributed by atoms with Crippen molar-refractivity contribution in [3.05, 3.63) is 0 Å². The van der Waals surface area contributed by atoms with Gasteiger partial charge in [-0.1, -0.05) is 12.8 Å². The zero-order valence-electron chi connectivity index (χ0n) is 10.1. The van der Waals surface area contributed by atoms with E-state index in [0.717, 1.165) is 19.0 Å². The van der Waals surface area contributed by atoms with Crippen LogP contribution in [0, 0.1) is 18.3 Å². The fraction of sp³-hybridized carbons (Fsp3) is 0.846. The molecule has 0 aromatic carbocycles. The van der Waals surface area contributed by atoms with Crippen molar-refractivity contribution in [3.63, 3.8) is 0 Å². The first kappa shape index (κ1) is 12.5. The maximum atomic E-state index is 5.32. The summed E-state index contributed by atoms with van der Waals surface area (Å²) in [6.07, 6.45) is 9.12. The van der Waals surface area contributed by atoms with E-state index in [1.807, 2.05) is 0 Å². The van der Waals surface area contributed by atoms with E-state index in [1.54, 1.807) is 0 Å². The Labute approximate surface area is 94.4 Å². The monoisotopic (exact) mass is 208 g/mol. The highest BCUT2D eigenvalue weighted by Gasteiger charge is 2.22. The van der Waals surface area contributed by atoms with Crippen molar-refractivity contribution in [2.24, 2.45) is 5.92 Å². The normalized spacial score (nSPS) is 21.1. The first-order chi connectivity index (χ1) is 7.27. The van der Waals surface area contributed by atoms with Crippen molar-refractivity contribution in [3.8, 4) is 12.3 Å². The Bertz CT molecular complexity index is 199. The van der Waals surface area contributed by atoms with Crippen LogP contribution >= 0.6 is 0 Å². The van der Waals surface area contributed by atoms with Gasteiger partial charge in [-0.3, -0.25) is 4.90 Å². The van der Waals surface area contributed by atoms with Crippen LogP contribution in [0.1, 0.15) is 33.1 Å². The second kappa shape index (κ2) is 6.87. The molecule has 0 bridgehead atoms. The summed E-state index contributed by atoms with van der Waals surface area (Å²) in [4.78, 5) is 2.38. The predicted molar refractivity (Wildman–Crippen MR) is 65.8 cm³/mol. The van der Waals surface area contributed by atoms with Crippen LogP contribution in [0.15, 0.2) is 0 Å². The van der Waals surface area contributed by atoms with Crippen molar-refractivity contribution in [2.45, 2.75) is 39.2 Å². The molecule has 0 aliphatic carbocycles. The van der Waals surface area contributed by atoms with Crippen LogP contribution in [0.25, 0.3) is 0 Å². The third-order valence-electron chi connectivity index (χ3n) is 3.37. The highest BCUT2D eigenvalue weighted by Crippen LogP contribution is 2.20. The topological polar surface area (TPSA) is 15.3 Å². The SMILES string of the molecule is C#CCN1CCC(C(C)NCCC)CC1. The summed E-state index contributed by atoms with van der Waals surface area (Å²) >= 11 is 0. The molecule has 0 radical (unpaired) electrons. The number of piperidine rings is 1. The number of nitrogens with one attached hydrogen (secondary N) is 1. The van der Waals surface area contributed by atoms with E-state index in [4.69, 9.17) is 6.42 Å². The van der Waals surface area contributed by atoms with Crippen LogP contribution < -0.4 is 5.32 Å². The van der Waals surface area contributed by atoms with E-state index < -0.39 is 0 Å². The van der Waals surface area contributed by atoms with Gasteiger partial charge in [0.15, 0.2) is 0 Å². The van der Waals surface area contributed by atoms with Crippen LogP contribution in [0.2, 0.25) is 0 Å². The molecule has 1 N–H and O–H groups in total. The second-order valence-corrected chi connectivity index (χ2v) is 4.56. The van der Waals surface area contributed by atoms with Crippen LogP contribution in [0.3, 0.4) is 0 Å². The lowest BCUT2D eigenvalue weighted by molar-refractivity contribution is 0.178. The van der Waals surface area contributed by atoms with Crippen molar-refractivity contribution in [2.75, 3.05) is 26.2 Å². The summed E-state index contributed by atoms with van der Waals surface area (Å²) in [6.45, 7) is 8.85. The molecular formula is C13H24N2. The lowest BCUT2D eigenvalue weighted by atomic mass is 9.90. The van der Waals surface area contributed by atoms with Crippen LogP contribution in [0.5, 0.6) is 0 Å². The van der Waals surface area contributed by atoms with Gasteiger partial charge in [0.05, 0.1) is 6.54 Å². The predicted octanol–water partition coefficient (Wildman–Crippen LogP) is 1.72. The van der Waals surface area contributed by atoms with E-state index in [1.165, 1.54) is 32.4 Å². The quantitative estimate of drug-likeness (QED) is 0.692. The van der Waals surface area contributed by atoms with Crippen molar-refractivity contribution in [1.29, 1.82) is 0 Å². The van der Waals surface area contributed by atoms with E-state index in [9.17, 15) is 0 Å². The third-order valence-corrected chi connectivity index (χ3v) is 3.37. The van der Waals surface area contributed by atoms with Crippen LogP contribution in [-0.4, -0.2) is 37.1 Å². The highest BCUT2D eigenvalue weighted by atomic mass is 15.1. The van der Waals surface area contributed by atoms with Crippen LogP contribution in [0.4, 0.5) is 0 Å². The number of hydrogen-bond acceptors (Lipinski definition) is 2. The van der Waals surface area contributed by atoms with Gasteiger partial charge in [-0.15, -0.1) is 6.42 Å². The van der Waals surface area contributed by atoms with Crippen LogP contribution in [-0.2, 0) is 0 Å². The van der Waals surface area contributed by atoms with E-state index in [2.05, 4.69) is 30.0 Å². The van der Waals surface area contributed by atoms with Gasteiger partial charge in [0.25, 0.3) is 0 Å². The summed E-state index contributed by atoms with van der Waals surface area (Å²) in [5.41, 5.74) is 0. The lowest BCUT2D eigenvalue weighted by Crippen LogP contribution is -2.42. The molecule has 1 heterocycles. The molecule has 15 heavy (non-hydrogen) atoms. The third kappa shape index (κ3) is 4.24. The molecule has 0 aromatic heterocycles. The van der Waals surface area contributed by atoms with Crippen molar-refractivity contribution >= 4 is 0 Å². The summed E-state index contributed by atoms with van der Waals surface area (Å²) in [6, 6.07) is 0.665. The van der Waals surface area contributed by atoms with Gasteiger partial charge < -0.3 is 5.32 Å². The molecule has 86 valence electrons. The molecule has 0 aromatic rings. The summed E-state index contributed by atoms with van der Waals surface area (Å²) in [5, 5.41) is 3.59. The Morgan fingerprint density at radius 3 is 2.67 bits per heavy atom. The molecule has 1 unspecified atom stereocenters. The molecule has 0 saturated carbocycles. The molecule has 1 rings (SSSR count). The summed E-state index contributed by atoms with van der Waals surface area (Å²) < 4.78 is 0. The van der Waals surface area contributed by atoms with Gasteiger partial charge in [0, 0.05) is 6.04 Å². The first-order valence-electron chi connectivity index (χ1n) is 6.17. The van der Waals surface area contributed by atoms with Crippen molar-refractivity contribution in [1.82, 2.24) is 10.2 Å². The summed E-state index contributed by atoms with van der Waals surface area (Å²) in [5.74, 6) is 3.56. The molecule has 0 amide bonds. The number of hydrogen-bond donors (Lipinski definition) is 1. The minimum absolute atomic E-state index is 0.665. The first-order valence-corrected chi connectivity index (χ1v) is 6.17. The molecule has 1 fully saturated rings. The maximum absolute atomic E-state index is 5.32. The Morgan fingerprint density at radius 1 is 1.47 bits per heavy atom. The Hall–Kier alpha value is -0.520. The number of likely N-dealkylation sites (tertiary alicyclic amines) is 1. The molecular weight excluding hydrogens is 184 g/mol. The highest BCUT2D eigenvalue weighted by molar-refractivity contribution is 4.90. The standard InChI is InChI=1S/C13H24N2/c1-4-8-14-12(3)13-6-10-15(9-5-2)11-7-13/h2,12-14H,4,6-11H2,1,3H3. The Morgan fingerprint density at radius 2 is 2.13 bits per heavy atom. The minimum Gasteiger partial charge on any atom is -0.314 e. The minimum atomic E-state index is 0.665. The molecule has 1 saturated heterocycles. The molecule has 0 spiro atoms. The fourth-order valence-electron chi connectivity index (χ4n) is 2.28. The maximum Gasteiger partial charge on any atom is 0.0598 e. The average Bonchev–Trinajstić information content (AvgIpc) is 2.27. The largest absolute Gasteiger partial charge is 0.314 e. The zero-order chi connectivity index (χ0) is 11.1. The van der Waals surface area contributed by atoms with Gasteiger partial charge >= 0.3 is 0 Å². The zero-order valence-corrected chi connectivity index (χ0v) is 10.1.